The van der Waals surface area contributed by atoms with E-state index in [1.165, 1.54) is 5.56 Å². The molecule has 0 spiro atoms. The number of aromatic nitrogens is 1. The predicted molar refractivity (Wildman–Crippen MR) is 100 cm³/mol. The van der Waals surface area contributed by atoms with Crippen molar-refractivity contribution >= 4 is 28.4 Å². The van der Waals surface area contributed by atoms with Crippen LogP contribution in [0.3, 0.4) is 0 Å². The number of hydrogen-bond donors (Lipinski definition) is 1. The average Bonchev–Trinajstić information content (AvgIpc) is 2.66. The third-order valence-electron chi connectivity index (χ3n) is 3.85. The van der Waals surface area contributed by atoms with Gasteiger partial charge in [-0.25, -0.2) is 0 Å². The van der Waals surface area contributed by atoms with Gasteiger partial charge in [0.1, 0.15) is 11.3 Å². The van der Waals surface area contributed by atoms with Gasteiger partial charge in [0.05, 0.1) is 5.02 Å². The monoisotopic (exact) mass is 354 g/mol. The number of nitrogens with one attached hydrogen (secondary N) is 1. The van der Waals surface area contributed by atoms with E-state index in [-0.39, 0.29) is 12.5 Å². The lowest BCUT2D eigenvalue weighted by molar-refractivity contribution is -0.123. The molecule has 25 heavy (non-hydrogen) atoms. The molecule has 0 saturated heterocycles. The maximum atomic E-state index is 11.9. The molecule has 4 nitrogen and oxygen atoms in total. The first kappa shape index (κ1) is 17.2. The van der Waals surface area contributed by atoms with Crippen molar-refractivity contribution in [2.45, 2.75) is 12.8 Å². The number of aryl methyl sites for hydroxylation is 1. The lowest BCUT2D eigenvalue weighted by atomic mass is 10.1. The third kappa shape index (κ3) is 4.70. The molecule has 0 aliphatic rings. The van der Waals surface area contributed by atoms with E-state index in [0.717, 1.165) is 18.2 Å². The number of amides is 1. The van der Waals surface area contributed by atoms with Gasteiger partial charge in [0.25, 0.3) is 5.91 Å². The highest BCUT2D eigenvalue weighted by Gasteiger charge is 2.08. The van der Waals surface area contributed by atoms with Crippen molar-refractivity contribution in [3.8, 4) is 5.75 Å². The van der Waals surface area contributed by atoms with E-state index in [1.54, 1.807) is 18.3 Å². The number of pyridine rings is 1. The summed E-state index contributed by atoms with van der Waals surface area (Å²) in [5.41, 5.74) is 1.93. The highest BCUT2D eigenvalue weighted by Crippen LogP contribution is 2.29. The quantitative estimate of drug-likeness (QED) is 0.652. The van der Waals surface area contributed by atoms with Crippen molar-refractivity contribution in [1.29, 1.82) is 0 Å². The summed E-state index contributed by atoms with van der Waals surface area (Å²) in [6, 6.07) is 17.4. The molecule has 1 amide bonds. The SMILES string of the molecule is O=C(COc1ccc(Cl)c2cccnc12)NCCCc1ccccc1. The summed E-state index contributed by atoms with van der Waals surface area (Å²) < 4.78 is 5.62. The summed E-state index contributed by atoms with van der Waals surface area (Å²) >= 11 is 6.15. The summed E-state index contributed by atoms with van der Waals surface area (Å²) in [7, 11) is 0. The standard InChI is InChI=1S/C20H19ClN2O2/c21-17-10-11-18(20-16(17)9-5-13-23-20)25-14-19(24)22-12-4-8-15-6-2-1-3-7-15/h1-3,5-7,9-11,13H,4,8,12,14H2,(H,22,24). The van der Waals surface area contributed by atoms with E-state index in [4.69, 9.17) is 16.3 Å². The number of nitrogens with zero attached hydrogens (tertiary/aromatic N) is 1. The summed E-state index contributed by atoms with van der Waals surface area (Å²) in [6.07, 6.45) is 3.50. The lowest BCUT2D eigenvalue weighted by Gasteiger charge is -2.10. The van der Waals surface area contributed by atoms with E-state index in [9.17, 15) is 4.79 Å². The number of carbonyl (C=O) groups excluding carboxylic acids is 1. The second-order valence-corrected chi connectivity index (χ2v) is 6.08. The van der Waals surface area contributed by atoms with Gasteiger partial charge in [-0.2, -0.15) is 0 Å². The Morgan fingerprint density at radius 1 is 1.08 bits per heavy atom. The van der Waals surface area contributed by atoms with Gasteiger partial charge >= 0.3 is 0 Å². The van der Waals surface area contributed by atoms with Gasteiger partial charge in [-0.3, -0.25) is 9.78 Å². The Morgan fingerprint density at radius 2 is 1.92 bits per heavy atom. The van der Waals surface area contributed by atoms with Crippen molar-refractivity contribution in [2.24, 2.45) is 0 Å². The van der Waals surface area contributed by atoms with Gasteiger partial charge in [-0.15, -0.1) is 0 Å². The predicted octanol–water partition coefficient (Wildman–Crippen LogP) is 4.02. The maximum absolute atomic E-state index is 11.9. The van der Waals surface area contributed by atoms with E-state index in [0.29, 0.717) is 22.8 Å². The largest absolute Gasteiger partial charge is 0.481 e. The van der Waals surface area contributed by atoms with E-state index >= 15 is 0 Å². The summed E-state index contributed by atoms with van der Waals surface area (Å²) in [6.45, 7) is 0.579. The smallest absolute Gasteiger partial charge is 0.257 e. The average molecular weight is 355 g/mol. The first-order valence-electron chi connectivity index (χ1n) is 8.21. The van der Waals surface area contributed by atoms with Crippen LogP contribution in [0, 0.1) is 0 Å². The van der Waals surface area contributed by atoms with Gasteiger partial charge in [-0.05, 0) is 42.7 Å². The molecule has 0 radical (unpaired) electrons. The molecule has 1 N–H and O–H groups in total. The van der Waals surface area contributed by atoms with Crippen LogP contribution in [-0.4, -0.2) is 24.0 Å². The Bertz CT molecular complexity index is 853. The first-order chi connectivity index (χ1) is 12.2. The number of halogens is 1. The van der Waals surface area contributed by atoms with Crippen molar-refractivity contribution < 1.29 is 9.53 Å². The Morgan fingerprint density at radius 3 is 2.76 bits per heavy atom. The second-order valence-electron chi connectivity index (χ2n) is 5.67. The molecular formula is C20H19ClN2O2. The number of fused-ring (bicyclic) bond motifs is 1. The van der Waals surface area contributed by atoms with Gasteiger partial charge in [0.15, 0.2) is 6.61 Å². The third-order valence-corrected chi connectivity index (χ3v) is 4.18. The second kappa shape index (κ2) is 8.49. The van der Waals surface area contributed by atoms with Crippen LogP contribution in [0.25, 0.3) is 10.9 Å². The number of carbonyl (C=O) groups is 1. The zero-order valence-electron chi connectivity index (χ0n) is 13.7. The molecule has 5 heteroatoms. The van der Waals surface area contributed by atoms with Crippen LogP contribution in [0.1, 0.15) is 12.0 Å². The number of hydrogen-bond acceptors (Lipinski definition) is 3. The van der Waals surface area contributed by atoms with Gasteiger partial charge < -0.3 is 10.1 Å². The van der Waals surface area contributed by atoms with Crippen LogP contribution >= 0.6 is 11.6 Å². The molecule has 3 aromatic rings. The minimum Gasteiger partial charge on any atom is -0.481 e. The molecule has 1 aromatic heterocycles. The van der Waals surface area contributed by atoms with Crippen LogP contribution in [0.2, 0.25) is 5.02 Å². The molecule has 3 rings (SSSR count). The molecule has 0 unspecified atom stereocenters. The summed E-state index contributed by atoms with van der Waals surface area (Å²) in [4.78, 5) is 16.2. The highest BCUT2D eigenvalue weighted by molar-refractivity contribution is 6.35. The molecule has 0 saturated carbocycles. The molecule has 0 fully saturated rings. The van der Waals surface area contributed by atoms with Crippen LogP contribution in [0.15, 0.2) is 60.8 Å². The first-order valence-corrected chi connectivity index (χ1v) is 8.58. The zero-order chi connectivity index (χ0) is 17.5. The number of ether oxygens (including phenoxy) is 1. The van der Waals surface area contributed by atoms with Crippen molar-refractivity contribution in [1.82, 2.24) is 10.3 Å². The molecule has 0 atom stereocenters. The fourth-order valence-electron chi connectivity index (χ4n) is 2.59. The van der Waals surface area contributed by atoms with Gasteiger partial charge in [0, 0.05) is 18.1 Å². The molecule has 1 heterocycles. The molecular weight excluding hydrogens is 336 g/mol. The minimum atomic E-state index is -0.146. The Labute approximate surface area is 151 Å². The molecule has 0 aliphatic heterocycles. The summed E-state index contributed by atoms with van der Waals surface area (Å²) in [5, 5.41) is 4.29. The van der Waals surface area contributed by atoms with Gasteiger partial charge in [0.2, 0.25) is 0 Å². The van der Waals surface area contributed by atoms with Gasteiger partial charge in [-0.1, -0.05) is 41.9 Å². The zero-order valence-corrected chi connectivity index (χ0v) is 14.5. The number of benzene rings is 2. The topological polar surface area (TPSA) is 51.2 Å². The van der Waals surface area contributed by atoms with Crippen LogP contribution < -0.4 is 10.1 Å². The molecule has 0 bridgehead atoms. The number of rotatable bonds is 7. The van der Waals surface area contributed by atoms with Crippen LogP contribution in [0.5, 0.6) is 5.75 Å². The lowest BCUT2D eigenvalue weighted by Crippen LogP contribution is -2.30. The van der Waals surface area contributed by atoms with E-state index < -0.39 is 0 Å². The molecule has 0 aliphatic carbocycles. The maximum Gasteiger partial charge on any atom is 0.257 e. The summed E-state index contributed by atoms with van der Waals surface area (Å²) in [5.74, 6) is 0.409. The van der Waals surface area contributed by atoms with Crippen molar-refractivity contribution in [2.75, 3.05) is 13.2 Å². The normalized spacial score (nSPS) is 10.6. The highest BCUT2D eigenvalue weighted by atomic mass is 35.5. The Balaban J connectivity index is 1.47. The van der Waals surface area contributed by atoms with Crippen molar-refractivity contribution in [3.05, 3.63) is 71.4 Å². The van der Waals surface area contributed by atoms with Crippen molar-refractivity contribution in [3.63, 3.8) is 0 Å². The van der Waals surface area contributed by atoms with Crippen LogP contribution in [0.4, 0.5) is 0 Å². The fourth-order valence-corrected chi connectivity index (χ4v) is 2.80. The van der Waals surface area contributed by atoms with Crippen LogP contribution in [-0.2, 0) is 11.2 Å². The molecule has 2 aromatic carbocycles. The Kier molecular flexibility index (Phi) is 5.86. The van der Waals surface area contributed by atoms with E-state index in [2.05, 4.69) is 22.4 Å². The minimum absolute atomic E-state index is 0.0430. The fraction of sp³-hybridized carbons (Fsp3) is 0.200. The van der Waals surface area contributed by atoms with E-state index in [1.807, 2.05) is 30.3 Å². The Hall–Kier alpha value is -2.59. The molecule has 128 valence electrons.